The van der Waals surface area contributed by atoms with Gasteiger partial charge in [0.15, 0.2) is 17.5 Å². The van der Waals surface area contributed by atoms with Crippen LogP contribution in [-0.4, -0.2) is 33.3 Å². The summed E-state index contributed by atoms with van der Waals surface area (Å²) in [6, 6.07) is 10.1. The summed E-state index contributed by atoms with van der Waals surface area (Å²) in [6.45, 7) is 4.25. The summed E-state index contributed by atoms with van der Waals surface area (Å²) < 4.78 is 10.8. The smallest absolute Gasteiger partial charge is 0.191 e. The third-order valence-electron chi connectivity index (χ3n) is 3.48. The van der Waals surface area contributed by atoms with Crippen LogP contribution < -0.4 is 20.1 Å². The molecule has 0 saturated carbocycles. The minimum Gasteiger partial charge on any atom is -0.493 e. The van der Waals surface area contributed by atoms with Crippen molar-refractivity contribution in [2.75, 3.05) is 27.3 Å². The maximum absolute atomic E-state index is 5.46. The van der Waals surface area contributed by atoms with Crippen LogP contribution in [0.3, 0.4) is 0 Å². The van der Waals surface area contributed by atoms with Crippen molar-refractivity contribution in [1.82, 2.24) is 10.6 Å². The Morgan fingerprint density at radius 1 is 1.12 bits per heavy atom. The first-order valence-corrected chi connectivity index (χ1v) is 8.90. The number of ether oxygens (including phenoxy) is 2. The first kappa shape index (κ1) is 18.1. The third-order valence-corrected chi connectivity index (χ3v) is 4.42. The molecule has 2 N–H and O–H groups in total. The van der Waals surface area contributed by atoms with Crippen molar-refractivity contribution in [3.8, 4) is 11.5 Å². The minimum atomic E-state index is 0.523. The highest BCUT2D eigenvalue weighted by Crippen LogP contribution is 2.30. The Kier molecular flexibility index (Phi) is 7.42. The van der Waals surface area contributed by atoms with Gasteiger partial charge in [-0.3, -0.25) is 0 Å². The number of rotatable bonds is 8. The van der Waals surface area contributed by atoms with Crippen molar-refractivity contribution in [3.05, 3.63) is 46.2 Å². The molecule has 0 spiro atoms. The van der Waals surface area contributed by atoms with Gasteiger partial charge >= 0.3 is 0 Å². The van der Waals surface area contributed by atoms with Crippen LogP contribution in [0.4, 0.5) is 0 Å². The quantitative estimate of drug-likeness (QED) is 0.569. The van der Waals surface area contributed by atoms with E-state index in [0.717, 1.165) is 42.5 Å². The zero-order valence-corrected chi connectivity index (χ0v) is 15.3. The van der Waals surface area contributed by atoms with Crippen LogP contribution in [0.5, 0.6) is 11.5 Å². The van der Waals surface area contributed by atoms with Gasteiger partial charge in [0.1, 0.15) is 0 Å². The van der Waals surface area contributed by atoms with Crippen molar-refractivity contribution < 1.29 is 9.47 Å². The van der Waals surface area contributed by atoms with Gasteiger partial charge in [-0.2, -0.15) is 0 Å². The summed E-state index contributed by atoms with van der Waals surface area (Å²) in [5.74, 6) is 2.26. The molecule has 5 nitrogen and oxygen atoms in total. The molecule has 1 heterocycles. The maximum atomic E-state index is 5.46. The number of nitrogens with one attached hydrogen (secondary N) is 2. The molecule has 0 atom stereocenters. The summed E-state index contributed by atoms with van der Waals surface area (Å²) in [5.41, 5.74) is 0.993. The van der Waals surface area contributed by atoms with E-state index in [9.17, 15) is 0 Å². The molecule has 0 unspecified atom stereocenters. The molecule has 1 aromatic carbocycles. The second kappa shape index (κ2) is 9.82. The lowest BCUT2D eigenvalue weighted by Gasteiger charge is -2.13. The molecule has 2 rings (SSSR count). The lowest BCUT2D eigenvalue weighted by atomic mass is 10.2. The summed E-state index contributed by atoms with van der Waals surface area (Å²) in [4.78, 5) is 6.02. The summed E-state index contributed by atoms with van der Waals surface area (Å²) in [7, 11) is 3.29. The van der Waals surface area contributed by atoms with E-state index in [1.165, 1.54) is 4.88 Å². The monoisotopic (exact) mass is 347 g/mol. The Hall–Kier alpha value is -2.21. The normalized spacial score (nSPS) is 11.2. The van der Waals surface area contributed by atoms with Crippen molar-refractivity contribution in [2.45, 2.75) is 19.9 Å². The second-order valence-corrected chi connectivity index (χ2v) is 6.14. The van der Waals surface area contributed by atoms with Gasteiger partial charge in [0, 0.05) is 23.5 Å². The Labute approximate surface area is 147 Å². The molecule has 0 bridgehead atoms. The van der Waals surface area contributed by atoms with Gasteiger partial charge in [-0.25, -0.2) is 4.99 Å². The topological polar surface area (TPSA) is 54.9 Å². The van der Waals surface area contributed by atoms with Crippen LogP contribution in [0.25, 0.3) is 0 Å². The number of hydrogen-bond acceptors (Lipinski definition) is 4. The molecule has 0 fully saturated rings. The van der Waals surface area contributed by atoms with E-state index in [4.69, 9.17) is 9.47 Å². The lowest BCUT2D eigenvalue weighted by Crippen LogP contribution is -2.38. The first-order chi connectivity index (χ1) is 11.8. The Morgan fingerprint density at radius 3 is 2.67 bits per heavy atom. The van der Waals surface area contributed by atoms with E-state index < -0.39 is 0 Å². The van der Waals surface area contributed by atoms with Crippen molar-refractivity contribution in [1.29, 1.82) is 0 Å². The fourth-order valence-electron chi connectivity index (χ4n) is 2.34. The number of benzene rings is 1. The molecule has 1 aromatic heterocycles. The third kappa shape index (κ3) is 5.16. The SMILES string of the molecule is CCNC(=NCc1cccc(OC)c1OC)NCCc1cccs1. The molecule has 2 aromatic rings. The largest absolute Gasteiger partial charge is 0.493 e. The number of hydrogen-bond donors (Lipinski definition) is 2. The van der Waals surface area contributed by atoms with E-state index in [2.05, 4.69) is 40.1 Å². The molecule has 0 amide bonds. The maximum Gasteiger partial charge on any atom is 0.191 e. The molecule has 0 aliphatic carbocycles. The Balaban J connectivity index is 1.99. The van der Waals surface area contributed by atoms with Crippen LogP contribution in [0.15, 0.2) is 40.7 Å². The Bertz CT molecular complexity index is 642. The van der Waals surface area contributed by atoms with E-state index in [1.54, 1.807) is 25.6 Å². The van der Waals surface area contributed by atoms with Crippen LogP contribution in [0.2, 0.25) is 0 Å². The molecule has 24 heavy (non-hydrogen) atoms. The van der Waals surface area contributed by atoms with Crippen LogP contribution in [0.1, 0.15) is 17.4 Å². The molecular formula is C18H25N3O2S. The molecule has 0 aliphatic rings. The number of para-hydroxylation sites is 1. The van der Waals surface area contributed by atoms with Gasteiger partial charge in [-0.15, -0.1) is 11.3 Å². The van der Waals surface area contributed by atoms with E-state index in [0.29, 0.717) is 6.54 Å². The van der Waals surface area contributed by atoms with Crippen LogP contribution >= 0.6 is 11.3 Å². The number of guanidine groups is 1. The lowest BCUT2D eigenvalue weighted by molar-refractivity contribution is 0.352. The van der Waals surface area contributed by atoms with E-state index >= 15 is 0 Å². The highest BCUT2D eigenvalue weighted by atomic mass is 32.1. The number of nitrogens with zero attached hydrogens (tertiary/aromatic N) is 1. The van der Waals surface area contributed by atoms with Gasteiger partial charge in [-0.1, -0.05) is 18.2 Å². The summed E-state index contributed by atoms with van der Waals surface area (Å²) in [5, 5.41) is 8.74. The fraction of sp³-hybridized carbons (Fsp3) is 0.389. The number of methoxy groups -OCH3 is 2. The average molecular weight is 347 g/mol. The van der Waals surface area contributed by atoms with E-state index in [1.807, 2.05) is 18.2 Å². The van der Waals surface area contributed by atoms with Crippen LogP contribution in [-0.2, 0) is 13.0 Å². The van der Waals surface area contributed by atoms with Gasteiger partial charge in [0.25, 0.3) is 0 Å². The molecule has 6 heteroatoms. The highest BCUT2D eigenvalue weighted by Gasteiger charge is 2.09. The fourth-order valence-corrected chi connectivity index (χ4v) is 3.05. The molecule has 0 saturated heterocycles. The van der Waals surface area contributed by atoms with Crippen molar-refractivity contribution >= 4 is 17.3 Å². The van der Waals surface area contributed by atoms with Gasteiger partial charge in [-0.05, 0) is 30.9 Å². The van der Waals surface area contributed by atoms with Crippen LogP contribution in [0, 0.1) is 0 Å². The van der Waals surface area contributed by atoms with Crippen molar-refractivity contribution in [3.63, 3.8) is 0 Å². The number of thiophene rings is 1. The second-order valence-electron chi connectivity index (χ2n) is 5.10. The van der Waals surface area contributed by atoms with Gasteiger partial charge in [0.2, 0.25) is 0 Å². The Morgan fingerprint density at radius 2 is 2.00 bits per heavy atom. The molecule has 0 radical (unpaired) electrons. The average Bonchev–Trinajstić information content (AvgIpc) is 3.12. The standard InChI is InChI=1S/C18H25N3O2S/c1-4-19-18(20-11-10-15-8-6-12-24-15)21-13-14-7-5-9-16(22-2)17(14)23-3/h5-9,12H,4,10-11,13H2,1-3H3,(H2,19,20,21). The van der Waals surface area contributed by atoms with Gasteiger partial charge in [0.05, 0.1) is 20.8 Å². The summed E-state index contributed by atoms with van der Waals surface area (Å²) in [6.07, 6.45) is 0.991. The number of aliphatic imine (C=N–C) groups is 1. The molecular weight excluding hydrogens is 322 g/mol. The molecule has 0 aliphatic heterocycles. The zero-order chi connectivity index (χ0) is 17.2. The van der Waals surface area contributed by atoms with E-state index in [-0.39, 0.29) is 0 Å². The predicted molar refractivity (Wildman–Crippen MR) is 100 cm³/mol. The highest BCUT2D eigenvalue weighted by molar-refractivity contribution is 7.09. The molecule has 130 valence electrons. The predicted octanol–water partition coefficient (Wildman–Crippen LogP) is 3.06. The zero-order valence-electron chi connectivity index (χ0n) is 14.5. The van der Waals surface area contributed by atoms with Gasteiger partial charge < -0.3 is 20.1 Å². The minimum absolute atomic E-state index is 0.523. The first-order valence-electron chi connectivity index (χ1n) is 8.03. The van der Waals surface area contributed by atoms with Crippen molar-refractivity contribution in [2.24, 2.45) is 4.99 Å². The summed E-state index contributed by atoms with van der Waals surface area (Å²) >= 11 is 1.78.